The molecule has 2 heterocycles. The van der Waals surface area contributed by atoms with Gasteiger partial charge in [0.1, 0.15) is 17.0 Å². The number of amidine groups is 1. The van der Waals surface area contributed by atoms with Crippen molar-refractivity contribution in [2.24, 2.45) is 10.9 Å². The molecule has 0 saturated carbocycles. The van der Waals surface area contributed by atoms with Gasteiger partial charge in [0.05, 0.1) is 18.9 Å². The molecule has 0 spiro atoms. The second-order valence-corrected chi connectivity index (χ2v) is 5.30. The molecule has 1 aromatic rings. The molecule has 0 radical (unpaired) electrons. The van der Waals surface area contributed by atoms with Gasteiger partial charge in [0.15, 0.2) is 5.84 Å². The molecule has 0 aromatic carbocycles. The third-order valence-corrected chi connectivity index (χ3v) is 3.66. The predicted octanol–water partition coefficient (Wildman–Crippen LogP) is 0.865. The second kappa shape index (κ2) is 5.16. The molecule has 0 saturated heterocycles. The van der Waals surface area contributed by atoms with Crippen molar-refractivity contribution in [1.82, 2.24) is 10.3 Å². The number of aliphatic imine (C=N–C) groups is 1. The summed E-state index contributed by atoms with van der Waals surface area (Å²) in [6.07, 6.45) is 1.18. The summed E-state index contributed by atoms with van der Waals surface area (Å²) >= 11 is 0. The largest absolute Gasteiger partial charge is 0.506 e. The Morgan fingerprint density at radius 2 is 2.14 bits per heavy atom. The first-order chi connectivity index (χ1) is 9.79. The number of hydrogen-bond donors (Lipinski definition) is 2. The van der Waals surface area contributed by atoms with Gasteiger partial charge in [-0.25, -0.2) is 14.8 Å². The molecule has 1 aromatic heterocycles. The minimum absolute atomic E-state index is 0.0197. The van der Waals surface area contributed by atoms with Crippen LogP contribution in [0, 0.1) is 5.92 Å². The zero-order chi connectivity index (χ0) is 15.8. The summed E-state index contributed by atoms with van der Waals surface area (Å²) < 4.78 is 4.66. The molecule has 7 heteroatoms. The summed E-state index contributed by atoms with van der Waals surface area (Å²) in [5.41, 5.74) is -0.690. The Morgan fingerprint density at radius 3 is 2.67 bits per heavy atom. The zero-order valence-electron chi connectivity index (χ0n) is 12.3. The number of nitrogens with one attached hydrogen (secondary N) is 1. The first-order valence-electron chi connectivity index (χ1n) is 6.48. The lowest BCUT2D eigenvalue weighted by Crippen LogP contribution is -2.41. The van der Waals surface area contributed by atoms with Crippen LogP contribution in [0.1, 0.15) is 36.8 Å². The fraction of sp³-hybridized carbons (Fsp3) is 0.429. The van der Waals surface area contributed by atoms with E-state index in [0.717, 1.165) is 0 Å². The Bertz CT molecular complexity index is 639. The fourth-order valence-electron chi connectivity index (χ4n) is 1.96. The van der Waals surface area contributed by atoms with Gasteiger partial charge in [0.25, 0.3) is 5.91 Å². The number of carbonyl (C=O) groups is 2. The van der Waals surface area contributed by atoms with Crippen LogP contribution < -0.4 is 5.32 Å². The lowest BCUT2D eigenvalue weighted by atomic mass is 9.89. The van der Waals surface area contributed by atoms with E-state index < -0.39 is 11.5 Å². The van der Waals surface area contributed by atoms with Gasteiger partial charge in [0.2, 0.25) is 0 Å². The molecule has 0 unspecified atom stereocenters. The molecule has 1 aliphatic heterocycles. The van der Waals surface area contributed by atoms with Crippen molar-refractivity contribution in [3.05, 3.63) is 23.5 Å². The van der Waals surface area contributed by atoms with Gasteiger partial charge in [-0.05, 0) is 18.9 Å². The van der Waals surface area contributed by atoms with E-state index in [1.54, 1.807) is 6.92 Å². The van der Waals surface area contributed by atoms with Crippen LogP contribution in [0.3, 0.4) is 0 Å². The standard InChI is InChI=1S/C14H17N3O4/c1-7(2)14(3)13(20)16-11(17-14)10-9(12(19)21-4)5-8(18)6-15-10/h5-7,18H,1-4H3,(H,16,17,20)/t14-/m1/s1. The Morgan fingerprint density at radius 1 is 1.48 bits per heavy atom. The molecule has 112 valence electrons. The molecule has 7 nitrogen and oxygen atoms in total. The maximum absolute atomic E-state index is 12.1. The molecule has 1 amide bonds. The highest BCUT2D eigenvalue weighted by Gasteiger charge is 2.43. The highest BCUT2D eigenvalue weighted by Crippen LogP contribution is 2.27. The van der Waals surface area contributed by atoms with Crippen molar-refractivity contribution in [1.29, 1.82) is 0 Å². The van der Waals surface area contributed by atoms with E-state index in [-0.39, 0.29) is 34.7 Å². The number of esters is 1. The van der Waals surface area contributed by atoms with Crippen LogP contribution in [0.4, 0.5) is 0 Å². The summed E-state index contributed by atoms with van der Waals surface area (Å²) in [6, 6.07) is 1.23. The van der Waals surface area contributed by atoms with E-state index in [9.17, 15) is 14.7 Å². The van der Waals surface area contributed by atoms with Gasteiger partial charge < -0.3 is 15.2 Å². The van der Waals surface area contributed by atoms with Crippen LogP contribution >= 0.6 is 0 Å². The van der Waals surface area contributed by atoms with E-state index in [2.05, 4.69) is 20.0 Å². The van der Waals surface area contributed by atoms with E-state index in [1.165, 1.54) is 19.4 Å². The van der Waals surface area contributed by atoms with Crippen LogP contribution in [-0.4, -0.2) is 40.5 Å². The first kappa shape index (κ1) is 15.0. The number of rotatable bonds is 3. The molecule has 0 aliphatic carbocycles. The van der Waals surface area contributed by atoms with Crippen LogP contribution in [0.25, 0.3) is 0 Å². The molecular weight excluding hydrogens is 274 g/mol. The SMILES string of the molecule is COC(=O)c1cc(O)cnc1C1=N[C@](C)(C(C)C)C(=O)N1. The van der Waals surface area contributed by atoms with Crippen LogP contribution in [0.5, 0.6) is 5.75 Å². The number of methoxy groups -OCH3 is 1. The van der Waals surface area contributed by atoms with Crippen molar-refractivity contribution < 1.29 is 19.4 Å². The summed E-state index contributed by atoms with van der Waals surface area (Å²) in [6.45, 7) is 5.49. The molecule has 21 heavy (non-hydrogen) atoms. The summed E-state index contributed by atoms with van der Waals surface area (Å²) in [7, 11) is 1.23. The van der Waals surface area contributed by atoms with Crippen LogP contribution in [0.2, 0.25) is 0 Å². The predicted molar refractivity (Wildman–Crippen MR) is 75.2 cm³/mol. The van der Waals surface area contributed by atoms with Gasteiger partial charge in [-0.2, -0.15) is 0 Å². The summed E-state index contributed by atoms with van der Waals surface area (Å²) in [4.78, 5) is 32.3. The molecule has 0 fully saturated rings. The second-order valence-electron chi connectivity index (χ2n) is 5.30. The van der Waals surface area contributed by atoms with E-state index >= 15 is 0 Å². The first-order valence-corrected chi connectivity index (χ1v) is 6.48. The molecule has 1 aliphatic rings. The Kier molecular flexibility index (Phi) is 3.67. The highest BCUT2D eigenvalue weighted by atomic mass is 16.5. The van der Waals surface area contributed by atoms with Crippen molar-refractivity contribution >= 4 is 17.7 Å². The van der Waals surface area contributed by atoms with Gasteiger partial charge >= 0.3 is 5.97 Å². The molecule has 0 bridgehead atoms. The quantitative estimate of drug-likeness (QED) is 0.804. The lowest BCUT2D eigenvalue weighted by Gasteiger charge is -2.21. The third kappa shape index (κ3) is 2.46. The van der Waals surface area contributed by atoms with Crippen molar-refractivity contribution in [3.63, 3.8) is 0 Å². The molecule has 2 rings (SSSR count). The van der Waals surface area contributed by atoms with Gasteiger partial charge in [-0.1, -0.05) is 13.8 Å². The summed E-state index contributed by atoms with van der Waals surface area (Å²) in [5, 5.41) is 12.1. The monoisotopic (exact) mass is 291 g/mol. The Balaban J connectivity index is 2.54. The number of pyridine rings is 1. The molecular formula is C14H17N3O4. The maximum Gasteiger partial charge on any atom is 0.340 e. The maximum atomic E-state index is 12.1. The number of carbonyl (C=O) groups excluding carboxylic acids is 2. The normalized spacial score (nSPS) is 21.2. The average molecular weight is 291 g/mol. The van der Waals surface area contributed by atoms with Crippen molar-refractivity contribution in [2.45, 2.75) is 26.3 Å². The number of hydrogen-bond acceptors (Lipinski definition) is 6. The molecule has 1 atom stereocenters. The van der Waals surface area contributed by atoms with Gasteiger partial charge in [-0.3, -0.25) is 4.79 Å². The van der Waals surface area contributed by atoms with Crippen molar-refractivity contribution in [3.8, 4) is 5.75 Å². The van der Waals surface area contributed by atoms with E-state index in [1.807, 2.05) is 13.8 Å². The van der Waals surface area contributed by atoms with Crippen molar-refractivity contribution in [2.75, 3.05) is 7.11 Å². The number of amides is 1. The number of aromatic nitrogens is 1. The number of nitrogens with zero attached hydrogens (tertiary/aromatic N) is 2. The molecule has 2 N–H and O–H groups in total. The van der Waals surface area contributed by atoms with Gasteiger partial charge in [0, 0.05) is 0 Å². The lowest BCUT2D eigenvalue weighted by molar-refractivity contribution is -0.124. The Labute approximate surface area is 122 Å². The third-order valence-electron chi connectivity index (χ3n) is 3.66. The van der Waals surface area contributed by atoms with Crippen LogP contribution in [-0.2, 0) is 9.53 Å². The van der Waals surface area contributed by atoms with E-state index in [4.69, 9.17) is 0 Å². The minimum Gasteiger partial charge on any atom is -0.506 e. The highest BCUT2D eigenvalue weighted by molar-refractivity contribution is 6.17. The smallest absolute Gasteiger partial charge is 0.340 e. The average Bonchev–Trinajstić information content (AvgIpc) is 2.75. The van der Waals surface area contributed by atoms with Gasteiger partial charge in [-0.15, -0.1) is 0 Å². The number of ether oxygens (including phenoxy) is 1. The summed E-state index contributed by atoms with van der Waals surface area (Å²) in [5.74, 6) is -0.900. The topological polar surface area (TPSA) is 101 Å². The fourth-order valence-corrected chi connectivity index (χ4v) is 1.96. The van der Waals surface area contributed by atoms with Crippen LogP contribution in [0.15, 0.2) is 17.3 Å². The zero-order valence-corrected chi connectivity index (χ0v) is 12.3. The Hall–Kier alpha value is -2.44. The van der Waals surface area contributed by atoms with E-state index in [0.29, 0.717) is 0 Å². The minimum atomic E-state index is -0.914. The number of aromatic hydroxyl groups is 1.